The summed E-state index contributed by atoms with van der Waals surface area (Å²) in [6.07, 6.45) is 0.601. The third-order valence-corrected chi connectivity index (χ3v) is 5.35. The van der Waals surface area contributed by atoms with Gasteiger partial charge in [-0.25, -0.2) is 4.98 Å². The van der Waals surface area contributed by atoms with Crippen LogP contribution in [0.5, 0.6) is 0 Å². The highest BCUT2D eigenvalue weighted by atomic mass is 16.5. The van der Waals surface area contributed by atoms with Crippen LogP contribution in [0, 0.1) is 0 Å². The van der Waals surface area contributed by atoms with E-state index >= 15 is 0 Å². The minimum absolute atomic E-state index is 0.0449. The number of hydrogen-bond donors (Lipinski definition) is 1. The second kappa shape index (κ2) is 7.52. The number of hydrogen-bond acceptors (Lipinski definition) is 5. The van der Waals surface area contributed by atoms with Crippen LogP contribution < -0.4 is 10.5 Å². The quantitative estimate of drug-likeness (QED) is 0.883. The van der Waals surface area contributed by atoms with Gasteiger partial charge in [-0.15, -0.1) is 0 Å². The molecule has 1 atom stereocenters. The van der Waals surface area contributed by atoms with Gasteiger partial charge in [-0.2, -0.15) is 0 Å². The van der Waals surface area contributed by atoms with E-state index in [1.165, 1.54) is 0 Å². The molecule has 0 spiro atoms. The van der Waals surface area contributed by atoms with Crippen molar-refractivity contribution in [3.8, 4) is 0 Å². The maximum Gasteiger partial charge on any atom is 0.257 e. The normalized spacial score (nSPS) is 18.1. The minimum atomic E-state index is -0.229. The molecule has 1 fully saturated rings. The Hall–Kier alpha value is -2.67. The number of anilines is 1. The van der Waals surface area contributed by atoms with Gasteiger partial charge >= 0.3 is 0 Å². The molecule has 27 heavy (non-hydrogen) atoms. The predicted molar refractivity (Wildman–Crippen MR) is 102 cm³/mol. The molecular weight excluding hydrogens is 344 g/mol. The molecule has 1 aromatic heterocycles. The summed E-state index contributed by atoms with van der Waals surface area (Å²) < 4.78 is 5.36. The first kappa shape index (κ1) is 17.7. The number of nitrogens with one attached hydrogen (secondary N) is 1. The van der Waals surface area contributed by atoms with Gasteiger partial charge in [-0.1, -0.05) is 30.3 Å². The molecule has 2 aromatic rings. The van der Waals surface area contributed by atoms with Crippen LogP contribution in [0.15, 0.2) is 35.1 Å². The Bertz CT molecular complexity index is 875. The Kier molecular flexibility index (Phi) is 4.94. The summed E-state index contributed by atoms with van der Waals surface area (Å²) in [4.78, 5) is 36.9. The Morgan fingerprint density at radius 3 is 2.67 bits per heavy atom. The van der Waals surface area contributed by atoms with Crippen LogP contribution >= 0.6 is 0 Å². The highest BCUT2D eigenvalue weighted by molar-refractivity contribution is 5.83. The van der Waals surface area contributed by atoms with Gasteiger partial charge in [0.1, 0.15) is 0 Å². The molecule has 0 unspecified atom stereocenters. The molecule has 2 aliphatic heterocycles. The largest absolute Gasteiger partial charge is 0.378 e. The van der Waals surface area contributed by atoms with E-state index < -0.39 is 0 Å². The number of fused-ring (bicyclic) bond motifs is 1. The lowest BCUT2D eigenvalue weighted by Crippen LogP contribution is -2.43. The fourth-order valence-electron chi connectivity index (χ4n) is 3.68. The van der Waals surface area contributed by atoms with Crippen molar-refractivity contribution >= 4 is 11.9 Å². The molecule has 0 saturated carbocycles. The number of aromatic nitrogens is 2. The molecule has 0 radical (unpaired) electrons. The van der Waals surface area contributed by atoms with Gasteiger partial charge in [0.05, 0.1) is 36.9 Å². The van der Waals surface area contributed by atoms with Gasteiger partial charge in [0.2, 0.25) is 11.9 Å². The van der Waals surface area contributed by atoms with E-state index in [0.717, 1.165) is 24.3 Å². The zero-order valence-electron chi connectivity index (χ0n) is 15.5. The number of aromatic amines is 1. The predicted octanol–water partition coefficient (Wildman–Crippen LogP) is 1.29. The number of benzene rings is 1. The lowest BCUT2D eigenvalue weighted by Gasteiger charge is -2.32. The van der Waals surface area contributed by atoms with E-state index in [2.05, 4.69) is 9.97 Å². The molecule has 4 rings (SSSR count). The van der Waals surface area contributed by atoms with Crippen LogP contribution in [-0.4, -0.2) is 53.6 Å². The summed E-state index contributed by atoms with van der Waals surface area (Å²) in [5, 5.41) is 0. The second-order valence-corrected chi connectivity index (χ2v) is 7.06. The Labute approximate surface area is 158 Å². The fourth-order valence-corrected chi connectivity index (χ4v) is 3.68. The molecule has 0 bridgehead atoms. The van der Waals surface area contributed by atoms with Crippen molar-refractivity contribution in [3.05, 3.63) is 57.5 Å². The Morgan fingerprint density at radius 1 is 1.19 bits per heavy atom. The van der Waals surface area contributed by atoms with Crippen molar-refractivity contribution in [2.24, 2.45) is 0 Å². The van der Waals surface area contributed by atoms with Crippen molar-refractivity contribution in [3.63, 3.8) is 0 Å². The summed E-state index contributed by atoms with van der Waals surface area (Å²) in [6, 6.07) is 9.74. The zero-order chi connectivity index (χ0) is 18.8. The maximum atomic E-state index is 12.9. The molecule has 142 valence electrons. The van der Waals surface area contributed by atoms with Crippen LogP contribution in [-0.2, 0) is 22.5 Å². The number of nitrogens with zero attached hydrogens (tertiary/aromatic N) is 3. The van der Waals surface area contributed by atoms with Crippen LogP contribution in [0.4, 0.5) is 5.95 Å². The standard InChI is InChI=1S/C20H24N4O3/c1-14(15-5-3-2-4-6-15)19(26)24-8-7-17-16(13-24)18(25)22-20(21-17)23-9-11-27-12-10-23/h2-6,14H,7-13H2,1H3,(H,21,22,25)/t14-/m1/s1. The van der Waals surface area contributed by atoms with Gasteiger partial charge in [-0.3, -0.25) is 14.6 Å². The van der Waals surface area contributed by atoms with E-state index in [4.69, 9.17) is 4.74 Å². The highest BCUT2D eigenvalue weighted by Crippen LogP contribution is 2.22. The van der Waals surface area contributed by atoms with Crippen LogP contribution in [0.2, 0.25) is 0 Å². The van der Waals surface area contributed by atoms with Crippen molar-refractivity contribution in [2.75, 3.05) is 37.7 Å². The van der Waals surface area contributed by atoms with Crippen molar-refractivity contribution in [1.29, 1.82) is 0 Å². The molecule has 3 heterocycles. The fraction of sp³-hybridized carbons (Fsp3) is 0.450. The lowest BCUT2D eigenvalue weighted by molar-refractivity contribution is -0.133. The van der Waals surface area contributed by atoms with Crippen molar-refractivity contribution < 1.29 is 9.53 Å². The maximum absolute atomic E-state index is 12.9. The number of carbonyl (C=O) groups excluding carboxylic acids is 1. The molecule has 7 nitrogen and oxygen atoms in total. The number of rotatable bonds is 3. The number of amides is 1. The average molecular weight is 368 g/mol. The van der Waals surface area contributed by atoms with Gasteiger partial charge in [0, 0.05) is 26.1 Å². The van der Waals surface area contributed by atoms with Gasteiger partial charge in [0.15, 0.2) is 0 Å². The van der Waals surface area contributed by atoms with Gasteiger partial charge in [0.25, 0.3) is 5.56 Å². The van der Waals surface area contributed by atoms with Gasteiger partial charge in [-0.05, 0) is 12.5 Å². The molecular formula is C20H24N4O3. The highest BCUT2D eigenvalue weighted by Gasteiger charge is 2.28. The average Bonchev–Trinajstić information content (AvgIpc) is 2.73. The SMILES string of the molecule is C[C@@H](C(=O)N1CCc2nc(N3CCOCC3)[nH]c(=O)c2C1)c1ccccc1. The minimum Gasteiger partial charge on any atom is -0.378 e. The van der Waals surface area contributed by atoms with E-state index in [9.17, 15) is 9.59 Å². The molecule has 1 saturated heterocycles. The van der Waals surface area contributed by atoms with E-state index in [0.29, 0.717) is 44.2 Å². The zero-order valence-corrected chi connectivity index (χ0v) is 15.5. The molecule has 2 aliphatic rings. The molecule has 7 heteroatoms. The molecule has 1 amide bonds. The van der Waals surface area contributed by atoms with Gasteiger partial charge < -0.3 is 14.5 Å². The summed E-state index contributed by atoms with van der Waals surface area (Å²) in [5.74, 6) is 0.426. The Morgan fingerprint density at radius 2 is 1.93 bits per heavy atom. The van der Waals surface area contributed by atoms with E-state index in [1.54, 1.807) is 4.90 Å². The molecule has 1 aromatic carbocycles. The number of ether oxygens (including phenoxy) is 1. The summed E-state index contributed by atoms with van der Waals surface area (Å²) in [6.45, 7) is 5.54. The second-order valence-electron chi connectivity index (χ2n) is 7.06. The number of carbonyl (C=O) groups is 1. The Balaban J connectivity index is 1.53. The first-order valence-electron chi connectivity index (χ1n) is 9.42. The van der Waals surface area contributed by atoms with Crippen molar-refractivity contribution in [1.82, 2.24) is 14.9 Å². The van der Waals surface area contributed by atoms with Crippen molar-refractivity contribution in [2.45, 2.75) is 25.8 Å². The molecule has 0 aliphatic carbocycles. The first-order valence-corrected chi connectivity index (χ1v) is 9.42. The van der Waals surface area contributed by atoms with Crippen LogP contribution in [0.3, 0.4) is 0 Å². The summed E-state index contributed by atoms with van der Waals surface area (Å²) in [5.41, 5.74) is 2.25. The molecule has 1 N–H and O–H groups in total. The lowest BCUT2D eigenvalue weighted by atomic mass is 9.98. The van der Waals surface area contributed by atoms with E-state index in [-0.39, 0.29) is 17.4 Å². The van der Waals surface area contributed by atoms with Crippen LogP contribution in [0.25, 0.3) is 0 Å². The number of H-pyrrole nitrogens is 1. The number of morpholine rings is 1. The third-order valence-electron chi connectivity index (χ3n) is 5.35. The third kappa shape index (κ3) is 3.60. The smallest absolute Gasteiger partial charge is 0.257 e. The van der Waals surface area contributed by atoms with E-state index in [1.807, 2.05) is 42.2 Å². The summed E-state index contributed by atoms with van der Waals surface area (Å²) >= 11 is 0. The van der Waals surface area contributed by atoms with Crippen LogP contribution in [0.1, 0.15) is 29.7 Å². The first-order chi connectivity index (χ1) is 13.1. The topological polar surface area (TPSA) is 78.5 Å². The monoisotopic (exact) mass is 368 g/mol. The summed E-state index contributed by atoms with van der Waals surface area (Å²) in [7, 11) is 0.